The highest BCUT2D eigenvalue weighted by molar-refractivity contribution is 7.80. The summed E-state index contributed by atoms with van der Waals surface area (Å²) in [5, 5.41) is 2.00. The minimum Gasteiger partial charge on any atom is -0.392 e. The molecule has 0 saturated carbocycles. The van der Waals surface area contributed by atoms with Gasteiger partial charge in [-0.25, -0.2) is 13.2 Å². The molecular formula is C11H11F3N2OS. The summed E-state index contributed by atoms with van der Waals surface area (Å²) in [5.74, 6) is -4.27. The Morgan fingerprint density at radius 2 is 1.72 bits per heavy atom. The average Bonchev–Trinajstić information content (AvgIpc) is 2.22. The van der Waals surface area contributed by atoms with E-state index in [9.17, 15) is 18.0 Å². The van der Waals surface area contributed by atoms with Crippen molar-refractivity contribution in [3.05, 3.63) is 29.6 Å². The maximum absolute atomic E-state index is 13.3. The summed E-state index contributed by atoms with van der Waals surface area (Å²) in [5.41, 5.74) is 3.34. The van der Waals surface area contributed by atoms with E-state index in [2.05, 4.69) is 12.2 Å². The number of hydrogen-bond acceptors (Lipinski definition) is 2. The van der Waals surface area contributed by atoms with E-state index >= 15 is 0 Å². The van der Waals surface area contributed by atoms with Gasteiger partial charge in [-0.1, -0.05) is 12.2 Å². The van der Waals surface area contributed by atoms with Crippen molar-refractivity contribution >= 4 is 28.8 Å². The molecule has 3 nitrogen and oxygen atoms in total. The number of benzene rings is 1. The van der Waals surface area contributed by atoms with Crippen LogP contribution >= 0.6 is 12.2 Å². The van der Waals surface area contributed by atoms with E-state index in [0.717, 1.165) is 0 Å². The van der Waals surface area contributed by atoms with Crippen molar-refractivity contribution in [2.75, 3.05) is 5.32 Å². The first-order valence-electron chi connectivity index (χ1n) is 4.92. The average molecular weight is 276 g/mol. The van der Waals surface area contributed by atoms with Gasteiger partial charge >= 0.3 is 0 Å². The van der Waals surface area contributed by atoms with Gasteiger partial charge in [-0.15, -0.1) is 0 Å². The molecule has 1 aromatic rings. The Bertz CT molecular complexity index is 494. The summed E-state index contributed by atoms with van der Waals surface area (Å²) in [6.45, 7) is 2.81. The highest BCUT2D eigenvalue weighted by atomic mass is 32.1. The minimum absolute atomic E-state index is 0.122. The number of anilines is 1. The third-order valence-corrected chi connectivity index (χ3v) is 2.94. The van der Waals surface area contributed by atoms with E-state index < -0.39 is 34.5 Å². The smallest absolute Gasteiger partial charge is 0.237 e. The summed E-state index contributed by atoms with van der Waals surface area (Å²) < 4.78 is 39.3. The van der Waals surface area contributed by atoms with Crippen LogP contribution in [0.3, 0.4) is 0 Å². The number of nitrogens with two attached hydrogens (primary N) is 1. The number of hydrogen-bond donors (Lipinski definition) is 2. The van der Waals surface area contributed by atoms with Gasteiger partial charge in [0, 0.05) is 12.1 Å². The number of carbonyl (C=O) groups is 1. The first kappa shape index (κ1) is 14.4. The van der Waals surface area contributed by atoms with Gasteiger partial charge < -0.3 is 11.1 Å². The van der Waals surface area contributed by atoms with E-state index in [1.165, 1.54) is 13.8 Å². The maximum atomic E-state index is 13.3. The molecule has 0 unspecified atom stereocenters. The van der Waals surface area contributed by atoms with Gasteiger partial charge in [-0.2, -0.15) is 0 Å². The molecule has 1 rings (SSSR count). The number of nitrogens with one attached hydrogen (secondary N) is 1. The van der Waals surface area contributed by atoms with Crippen LogP contribution in [0.2, 0.25) is 0 Å². The Morgan fingerprint density at radius 3 is 2.11 bits per heavy atom. The van der Waals surface area contributed by atoms with Crippen molar-refractivity contribution in [1.82, 2.24) is 0 Å². The summed E-state index contributed by atoms with van der Waals surface area (Å²) in [6.07, 6.45) is 0. The van der Waals surface area contributed by atoms with Crippen LogP contribution in [0.5, 0.6) is 0 Å². The summed E-state index contributed by atoms with van der Waals surface area (Å²) in [7, 11) is 0. The topological polar surface area (TPSA) is 55.1 Å². The molecule has 0 spiro atoms. The lowest BCUT2D eigenvalue weighted by atomic mass is 9.92. The second kappa shape index (κ2) is 4.93. The van der Waals surface area contributed by atoms with Crippen LogP contribution in [0, 0.1) is 22.9 Å². The van der Waals surface area contributed by atoms with Crippen molar-refractivity contribution < 1.29 is 18.0 Å². The molecule has 18 heavy (non-hydrogen) atoms. The molecule has 0 saturated heterocycles. The van der Waals surface area contributed by atoms with E-state index in [1.54, 1.807) is 0 Å². The second-order valence-electron chi connectivity index (χ2n) is 4.19. The van der Waals surface area contributed by atoms with Crippen LogP contribution < -0.4 is 11.1 Å². The zero-order valence-corrected chi connectivity index (χ0v) is 10.5. The Balaban J connectivity index is 3.07. The zero-order valence-electron chi connectivity index (χ0n) is 9.68. The van der Waals surface area contributed by atoms with Crippen LogP contribution in [-0.4, -0.2) is 10.9 Å². The van der Waals surface area contributed by atoms with Crippen molar-refractivity contribution in [2.45, 2.75) is 13.8 Å². The van der Waals surface area contributed by atoms with Gasteiger partial charge in [0.05, 0.1) is 10.4 Å². The Morgan fingerprint density at radius 1 is 1.28 bits per heavy atom. The fourth-order valence-corrected chi connectivity index (χ4v) is 1.14. The Hall–Kier alpha value is -1.63. The van der Waals surface area contributed by atoms with Crippen molar-refractivity contribution in [3.8, 4) is 0 Å². The third-order valence-electron chi connectivity index (χ3n) is 2.43. The molecule has 0 fully saturated rings. The largest absolute Gasteiger partial charge is 0.392 e. The van der Waals surface area contributed by atoms with Crippen LogP contribution in [-0.2, 0) is 4.79 Å². The zero-order chi connectivity index (χ0) is 14.1. The lowest BCUT2D eigenvalue weighted by molar-refractivity contribution is -0.121. The lowest BCUT2D eigenvalue weighted by Crippen LogP contribution is -2.41. The fourth-order valence-electron chi connectivity index (χ4n) is 1.04. The summed E-state index contributed by atoms with van der Waals surface area (Å²) >= 11 is 4.68. The monoisotopic (exact) mass is 276 g/mol. The van der Waals surface area contributed by atoms with Crippen LogP contribution in [0.15, 0.2) is 12.1 Å². The fraction of sp³-hybridized carbons (Fsp3) is 0.273. The molecule has 1 amide bonds. The van der Waals surface area contributed by atoms with E-state index in [1.807, 2.05) is 5.32 Å². The quantitative estimate of drug-likeness (QED) is 0.833. The minimum atomic E-state index is -1.28. The molecule has 0 aliphatic carbocycles. The van der Waals surface area contributed by atoms with Gasteiger partial charge in [-0.3, -0.25) is 4.79 Å². The molecule has 0 aromatic heterocycles. The van der Waals surface area contributed by atoms with Crippen LogP contribution in [0.25, 0.3) is 0 Å². The van der Waals surface area contributed by atoms with Gasteiger partial charge in [0.1, 0.15) is 11.5 Å². The van der Waals surface area contributed by atoms with E-state index in [0.29, 0.717) is 12.1 Å². The van der Waals surface area contributed by atoms with Crippen molar-refractivity contribution in [1.29, 1.82) is 0 Å². The second-order valence-corrected chi connectivity index (χ2v) is 4.63. The first-order valence-corrected chi connectivity index (χ1v) is 5.33. The van der Waals surface area contributed by atoms with Crippen molar-refractivity contribution in [3.63, 3.8) is 0 Å². The van der Waals surface area contributed by atoms with Gasteiger partial charge in [0.25, 0.3) is 0 Å². The van der Waals surface area contributed by atoms with Gasteiger partial charge in [-0.05, 0) is 13.8 Å². The molecule has 98 valence electrons. The number of rotatable bonds is 3. The molecule has 0 heterocycles. The molecule has 0 atom stereocenters. The predicted molar refractivity (Wildman–Crippen MR) is 65.5 cm³/mol. The normalized spacial score (nSPS) is 11.2. The van der Waals surface area contributed by atoms with E-state index in [4.69, 9.17) is 5.73 Å². The maximum Gasteiger partial charge on any atom is 0.237 e. The standard InChI is InChI=1S/C11H11F3N2OS/c1-11(2,9(15)18)10(17)16-8-6(13)3-5(12)4-7(8)14/h3-4H,1-2H3,(H2,15,18)(H,16,17). The first-order chi connectivity index (χ1) is 8.16. The molecule has 0 bridgehead atoms. The van der Waals surface area contributed by atoms with Gasteiger partial charge in [0.2, 0.25) is 5.91 Å². The number of amides is 1. The molecule has 0 aliphatic heterocycles. The Labute approximate surface area is 107 Å². The molecule has 7 heteroatoms. The summed E-state index contributed by atoms with van der Waals surface area (Å²) in [4.78, 5) is 11.6. The van der Waals surface area contributed by atoms with E-state index in [-0.39, 0.29) is 4.99 Å². The molecule has 0 aliphatic rings. The van der Waals surface area contributed by atoms with Gasteiger partial charge in [0.15, 0.2) is 11.6 Å². The number of halogens is 3. The SMILES string of the molecule is CC(C)(C(=O)Nc1c(F)cc(F)cc1F)C(N)=S. The number of thiocarbonyl (C=S) groups is 1. The molecule has 0 radical (unpaired) electrons. The lowest BCUT2D eigenvalue weighted by Gasteiger charge is -2.22. The molecule has 1 aromatic carbocycles. The predicted octanol–water partition coefficient (Wildman–Crippen LogP) is 2.35. The number of carbonyl (C=O) groups excluding carboxylic acids is 1. The third kappa shape index (κ3) is 2.79. The van der Waals surface area contributed by atoms with Crippen molar-refractivity contribution in [2.24, 2.45) is 11.1 Å². The Kier molecular flexibility index (Phi) is 3.95. The van der Waals surface area contributed by atoms with Crippen LogP contribution in [0.4, 0.5) is 18.9 Å². The highest BCUT2D eigenvalue weighted by Crippen LogP contribution is 2.24. The summed E-state index contributed by atoms with van der Waals surface area (Å²) in [6, 6.07) is 0.929. The van der Waals surface area contributed by atoms with Crippen LogP contribution in [0.1, 0.15) is 13.8 Å². The molecule has 3 N–H and O–H groups in total. The molecular weight excluding hydrogens is 265 g/mol. The highest BCUT2D eigenvalue weighted by Gasteiger charge is 2.32.